The molecule has 2 aromatic carbocycles. The number of para-hydroxylation sites is 1. The Kier molecular flexibility index (Phi) is 6.54. The van der Waals surface area contributed by atoms with E-state index in [1.807, 2.05) is 30.3 Å². The lowest BCUT2D eigenvalue weighted by molar-refractivity contribution is 0.0690. The summed E-state index contributed by atoms with van der Waals surface area (Å²) in [7, 11) is -1.63. The normalized spacial score (nSPS) is 21.8. The Balaban J connectivity index is 1.67. The maximum atomic E-state index is 11.6. The molecule has 5 rings (SSSR count). The molecule has 0 bridgehead atoms. The fourth-order valence-corrected chi connectivity index (χ4v) is 7.09. The van der Waals surface area contributed by atoms with Crippen LogP contribution in [-0.4, -0.2) is 49.1 Å². The van der Waals surface area contributed by atoms with Gasteiger partial charge in [-0.2, -0.15) is 4.31 Å². The van der Waals surface area contributed by atoms with Crippen LogP contribution in [0.5, 0.6) is 0 Å². The summed E-state index contributed by atoms with van der Waals surface area (Å²) in [6.45, 7) is 0.575. The quantitative estimate of drug-likeness (QED) is 0.348. The van der Waals surface area contributed by atoms with Crippen LogP contribution in [0.1, 0.15) is 42.6 Å². The zero-order chi connectivity index (χ0) is 24.7. The molecular formula is C25H28ClN3O5S. The maximum absolute atomic E-state index is 11.6. The minimum atomic E-state index is -3.41. The van der Waals surface area contributed by atoms with Crippen molar-refractivity contribution in [1.82, 2.24) is 9.29 Å². The third kappa shape index (κ3) is 4.43. The number of nitrogens with zero attached hydrogens (tertiary/aromatic N) is 3. The first-order chi connectivity index (χ1) is 16.8. The van der Waals surface area contributed by atoms with Crippen molar-refractivity contribution >= 4 is 39.7 Å². The summed E-state index contributed by atoms with van der Waals surface area (Å²) < 4.78 is 30.4. The molecular weight excluding hydrogens is 490 g/mol. The van der Waals surface area contributed by atoms with Crippen LogP contribution >= 0.6 is 22.4 Å². The topological polar surface area (TPSA) is 110 Å². The van der Waals surface area contributed by atoms with Crippen LogP contribution < -0.4 is 4.90 Å². The summed E-state index contributed by atoms with van der Waals surface area (Å²) in [6.07, 6.45) is 6.61. The van der Waals surface area contributed by atoms with E-state index >= 15 is 0 Å². The average molecular weight is 518 g/mol. The van der Waals surface area contributed by atoms with Crippen LogP contribution in [0.2, 0.25) is 5.02 Å². The van der Waals surface area contributed by atoms with Crippen molar-refractivity contribution in [3.05, 3.63) is 59.4 Å². The van der Waals surface area contributed by atoms with E-state index < -0.39 is 16.7 Å². The highest BCUT2D eigenvalue weighted by Gasteiger charge is 2.41. The van der Waals surface area contributed by atoms with Gasteiger partial charge in [-0.15, -0.1) is 10.8 Å². The van der Waals surface area contributed by atoms with Crippen molar-refractivity contribution in [2.75, 3.05) is 18.5 Å². The van der Waals surface area contributed by atoms with Gasteiger partial charge in [0.25, 0.3) is 0 Å². The Morgan fingerprint density at radius 3 is 2.51 bits per heavy atom. The number of carboxylic acids is 1. The van der Waals surface area contributed by atoms with Gasteiger partial charge >= 0.3 is 5.97 Å². The molecule has 0 amide bonds. The Bertz CT molecular complexity index is 1230. The fraction of sp³-hybridized carbons (Fsp3) is 0.360. The minimum Gasteiger partial charge on any atom is -0.476 e. The number of aromatic nitrogens is 1. The molecule has 186 valence electrons. The summed E-state index contributed by atoms with van der Waals surface area (Å²) in [6, 6.07) is 13.0. The maximum Gasteiger partial charge on any atom is 0.357 e. The third-order valence-electron chi connectivity index (χ3n) is 7.09. The number of hydrogen-bond acceptors (Lipinski definition) is 7. The van der Waals surface area contributed by atoms with E-state index in [9.17, 15) is 19.0 Å². The molecule has 0 radical (unpaired) electrons. The number of halogens is 1. The van der Waals surface area contributed by atoms with Gasteiger partial charge in [-0.3, -0.25) is 9.11 Å². The molecule has 0 saturated heterocycles. The lowest BCUT2D eigenvalue weighted by Gasteiger charge is -2.46. The van der Waals surface area contributed by atoms with E-state index in [0.29, 0.717) is 28.6 Å². The average Bonchev–Trinajstić information content (AvgIpc) is 3.33. The standard InChI is InChI=1S/C25H28ClN3O5S/c1-28-22(16-8-4-2-5-9-16)14-29(17-10-6-3-7-11-17)21-13-19(26)18(12-23(21)35(28,32)33)24-27-20(15-34-24)25(30)31/h3,6-7,10-13,15-16,22,32-33H,2,4-5,8-9,14H2,1H3,(H,30,31). The zero-order valence-corrected chi connectivity index (χ0v) is 20.9. The van der Waals surface area contributed by atoms with Gasteiger partial charge in [0.05, 0.1) is 21.2 Å². The molecule has 35 heavy (non-hydrogen) atoms. The highest BCUT2D eigenvalue weighted by atomic mass is 35.5. The van der Waals surface area contributed by atoms with E-state index in [4.69, 9.17) is 16.0 Å². The van der Waals surface area contributed by atoms with Gasteiger partial charge in [0.2, 0.25) is 5.89 Å². The summed E-state index contributed by atoms with van der Waals surface area (Å²) in [5.41, 5.74) is 1.57. The molecule has 1 aliphatic carbocycles. The molecule has 3 aromatic rings. The summed E-state index contributed by atoms with van der Waals surface area (Å²) in [4.78, 5) is 17.7. The molecule has 3 N–H and O–H groups in total. The van der Waals surface area contributed by atoms with Crippen molar-refractivity contribution < 1.29 is 23.4 Å². The molecule has 2 aliphatic rings. The molecule has 1 atom stereocenters. The van der Waals surface area contributed by atoms with E-state index in [2.05, 4.69) is 9.88 Å². The number of rotatable bonds is 4. The van der Waals surface area contributed by atoms with E-state index in [0.717, 1.165) is 37.6 Å². The third-order valence-corrected chi connectivity index (χ3v) is 9.39. The van der Waals surface area contributed by atoms with Crippen LogP contribution in [0, 0.1) is 5.92 Å². The summed E-state index contributed by atoms with van der Waals surface area (Å²) in [5.74, 6) is -0.881. The number of benzene rings is 2. The number of oxazole rings is 1. The van der Waals surface area contributed by atoms with Crippen LogP contribution in [0.4, 0.5) is 11.4 Å². The highest BCUT2D eigenvalue weighted by molar-refractivity contribution is 8.22. The fourth-order valence-electron chi connectivity index (χ4n) is 5.19. The van der Waals surface area contributed by atoms with E-state index in [-0.39, 0.29) is 22.6 Å². The molecule has 1 aromatic heterocycles. The van der Waals surface area contributed by atoms with E-state index in [1.54, 1.807) is 23.5 Å². The Hall–Kier alpha value is -2.56. The predicted octanol–water partition coefficient (Wildman–Crippen LogP) is 6.75. The van der Waals surface area contributed by atoms with Gasteiger partial charge in [-0.05, 0) is 43.0 Å². The molecule has 1 aliphatic heterocycles. The largest absolute Gasteiger partial charge is 0.476 e. The van der Waals surface area contributed by atoms with Crippen LogP contribution in [0.15, 0.2) is 58.0 Å². The van der Waals surface area contributed by atoms with Crippen molar-refractivity contribution in [2.45, 2.75) is 43.0 Å². The molecule has 2 heterocycles. The van der Waals surface area contributed by atoms with Crippen molar-refractivity contribution in [3.8, 4) is 11.5 Å². The smallest absolute Gasteiger partial charge is 0.357 e. The van der Waals surface area contributed by atoms with Gasteiger partial charge in [0.1, 0.15) is 6.26 Å². The van der Waals surface area contributed by atoms with Crippen LogP contribution in [-0.2, 0) is 0 Å². The molecule has 1 saturated carbocycles. The number of likely N-dealkylation sites (N-methyl/N-ethyl adjacent to an activating group) is 1. The molecule has 1 fully saturated rings. The van der Waals surface area contributed by atoms with Crippen LogP contribution in [0.3, 0.4) is 0 Å². The summed E-state index contributed by atoms with van der Waals surface area (Å²) >= 11 is 6.66. The SMILES string of the molecule is CN1C(C2CCCCC2)CN(c2ccccc2)c2cc(Cl)c(-c3nc(C(=O)O)co3)cc2S1(O)O. The number of anilines is 2. The molecule has 10 heteroatoms. The second kappa shape index (κ2) is 9.48. The second-order valence-corrected chi connectivity index (χ2v) is 11.6. The number of aromatic carboxylic acids is 1. The monoisotopic (exact) mass is 517 g/mol. The second-order valence-electron chi connectivity index (χ2n) is 9.12. The number of carbonyl (C=O) groups is 1. The van der Waals surface area contributed by atoms with Crippen molar-refractivity contribution in [2.24, 2.45) is 5.92 Å². The molecule has 1 unspecified atom stereocenters. The highest BCUT2D eigenvalue weighted by Crippen LogP contribution is 2.60. The first-order valence-corrected chi connectivity index (χ1v) is 13.5. The van der Waals surface area contributed by atoms with Gasteiger partial charge in [0, 0.05) is 25.3 Å². The number of hydrogen-bond donors (Lipinski definition) is 3. The lowest BCUT2D eigenvalue weighted by atomic mass is 9.83. The predicted molar refractivity (Wildman–Crippen MR) is 137 cm³/mol. The van der Waals surface area contributed by atoms with Crippen molar-refractivity contribution in [1.29, 1.82) is 0 Å². The Morgan fingerprint density at radius 1 is 1.14 bits per heavy atom. The summed E-state index contributed by atoms with van der Waals surface area (Å²) in [5, 5.41) is 9.51. The number of fused-ring (bicyclic) bond motifs is 1. The minimum absolute atomic E-state index is 0.00684. The molecule has 8 nitrogen and oxygen atoms in total. The molecule has 0 spiro atoms. The van der Waals surface area contributed by atoms with Gasteiger partial charge < -0.3 is 14.4 Å². The zero-order valence-electron chi connectivity index (χ0n) is 19.3. The lowest BCUT2D eigenvalue weighted by Crippen LogP contribution is -2.45. The first-order valence-electron chi connectivity index (χ1n) is 11.6. The van der Waals surface area contributed by atoms with Crippen LogP contribution in [0.25, 0.3) is 11.5 Å². The van der Waals surface area contributed by atoms with Gasteiger partial charge in [0.15, 0.2) is 5.69 Å². The number of carboxylic acid groups (broad SMARTS) is 1. The van der Waals surface area contributed by atoms with E-state index in [1.165, 1.54) is 6.42 Å². The Morgan fingerprint density at radius 2 is 1.86 bits per heavy atom. The Labute approximate surface area is 210 Å². The van der Waals surface area contributed by atoms with Gasteiger partial charge in [-0.1, -0.05) is 49.1 Å². The first kappa shape index (κ1) is 24.1. The van der Waals surface area contributed by atoms with Crippen molar-refractivity contribution in [3.63, 3.8) is 0 Å². The van der Waals surface area contributed by atoms with Gasteiger partial charge in [-0.25, -0.2) is 9.78 Å².